The van der Waals surface area contributed by atoms with Crippen LogP contribution in [0.5, 0.6) is 0 Å². The highest BCUT2D eigenvalue weighted by Gasteiger charge is 2.46. The third-order valence-corrected chi connectivity index (χ3v) is 11.4. The molecular formula is C53H42N4O. The Morgan fingerprint density at radius 2 is 1.19 bits per heavy atom. The Hall–Kier alpha value is -7.21. The normalized spacial score (nSPS) is 13.1. The zero-order chi connectivity index (χ0) is 38.9. The molecule has 0 saturated carbocycles. The van der Waals surface area contributed by atoms with Crippen LogP contribution in [0.1, 0.15) is 33.4 Å². The number of aliphatic imine (C=N–C) groups is 1. The Balaban J connectivity index is 1.11. The lowest BCUT2D eigenvalue weighted by molar-refractivity contribution is 0.284. The molecule has 9 aromatic rings. The van der Waals surface area contributed by atoms with Gasteiger partial charge < -0.3 is 15.2 Å². The minimum absolute atomic E-state index is 0.320. The quantitative estimate of drug-likeness (QED) is 0.0830. The molecule has 5 heteroatoms. The van der Waals surface area contributed by atoms with E-state index in [4.69, 9.17) is 9.41 Å². The van der Waals surface area contributed by atoms with Gasteiger partial charge >= 0.3 is 0 Å². The van der Waals surface area contributed by atoms with Crippen molar-refractivity contribution in [3.8, 4) is 22.3 Å². The predicted octanol–water partition coefficient (Wildman–Crippen LogP) is 12.1. The van der Waals surface area contributed by atoms with E-state index in [-0.39, 0.29) is 0 Å². The average Bonchev–Trinajstić information content (AvgIpc) is 3.81. The molecule has 0 atom stereocenters. The second-order valence-corrected chi connectivity index (χ2v) is 14.9. The first-order valence-electron chi connectivity index (χ1n) is 19.8. The molecule has 0 saturated heterocycles. The SMILES string of the molecule is CN(Cc1ccccc1)NC(=NCNc1cc2c(cc1-c1ccccc1)C(c1ccccc1)(c1ccccc1)c1ccccc1-2)c1cccc2c1oc1ccccc12. The van der Waals surface area contributed by atoms with Gasteiger partial charge in [-0.3, -0.25) is 0 Å². The monoisotopic (exact) mass is 750 g/mol. The predicted molar refractivity (Wildman–Crippen MR) is 239 cm³/mol. The molecule has 8 aromatic carbocycles. The van der Waals surface area contributed by atoms with Crippen molar-refractivity contribution >= 4 is 33.5 Å². The number of para-hydroxylation sites is 2. The van der Waals surface area contributed by atoms with Crippen molar-refractivity contribution in [2.24, 2.45) is 4.99 Å². The molecule has 0 radical (unpaired) electrons. The summed E-state index contributed by atoms with van der Waals surface area (Å²) in [6.45, 7) is 1.01. The van der Waals surface area contributed by atoms with Crippen molar-refractivity contribution < 1.29 is 4.42 Å². The summed E-state index contributed by atoms with van der Waals surface area (Å²) >= 11 is 0. The standard InChI is InChI=1S/C53H42N4O/c1-57(35-37-19-6-2-7-20-37)56-52(44-30-18-29-43-42-28-15-17-32-50(42)58-51(43)44)55-36-54-49-34-46-41-27-14-16-31-47(41)53(39-23-10-4-11-24-39,40-25-12-5-13-26-40)48(46)33-45(49)38-21-8-3-9-22-38/h2-34,54H,35-36H2,1H3,(H,55,56). The summed E-state index contributed by atoms with van der Waals surface area (Å²) in [6.07, 6.45) is 0. The van der Waals surface area contributed by atoms with Gasteiger partial charge in [-0.05, 0) is 68.8 Å². The van der Waals surface area contributed by atoms with Crippen LogP contribution in [0.4, 0.5) is 5.69 Å². The van der Waals surface area contributed by atoms with Crippen LogP contribution in [0.15, 0.2) is 210 Å². The molecule has 0 spiro atoms. The number of nitrogens with zero attached hydrogens (tertiary/aromatic N) is 2. The lowest BCUT2D eigenvalue weighted by Crippen LogP contribution is -2.39. The molecule has 2 N–H and O–H groups in total. The molecule has 0 amide bonds. The molecule has 1 heterocycles. The van der Waals surface area contributed by atoms with Crippen LogP contribution in [-0.2, 0) is 12.0 Å². The van der Waals surface area contributed by atoms with E-state index in [2.05, 4.69) is 198 Å². The number of rotatable bonds is 10. The van der Waals surface area contributed by atoms with E-state index in [0.29, 0.717) is 13.2 Å². The number of hydrogen-bond donors (Lipinski definition) is 2. The third kappa shape index (κ3) is 6.13. The van der Waals surface area contributed by atoms with Gasteiger partial charge in [0.25, 0.3) is 0 Å². The number of anilines is 1. The first-order chi connectivity index (χ1) is 28.7. The van der Waals surface area contributed by atoms with Gasteiger partial charge in [-0.1, -0.05) is 176 Å². The Labute approximate surface area is 338 Å². The van der Waals surface area contributed by atoms with Crippen molar-refractivity contribution in [1.29, 1.82) is 0 Å². The molecule has 5 nitrogen and oxygen atoms in total. The van der Waals surface area contributed by atoms with E-state index in [9.17, 15) is 0 Å². The highest BCUT2D eigenvalue weighted by atomic mass is 16.3. The van der Waals surface area contributed by atoms with Gasteiger partial charge in [0.2, 0.25) is 0 Å². The number of nitrogens with one attached hydrogen (secondary N) is 2. The number of amidine groups is 1. The molecule has 0 unspecified atom stereocenters. The van der Waals surface area contributed by atoms with Gasteiger partial charge in [-0.15, -0.1) is 0 Å². The fourth-order valence-electron chi connectivity index (χ4n) is 8.89. The maximum absolute atomic E-state index is 6.52. The number of fused-ring (bicyclic) bond motifs is 6. The molecule has 1 aliphatic carbocycles. The van der Waals surface area contributed by atoms with Crippen molar-refractivity contribution in [1.82, 2.24) is 10.4 Å². The molecule has 58 heavy (non-hydrogen) atoms. The maximum Gasteiger partial charge on any atom is 0.148 e. The molecule has 0 aliphatic heterocycles. The summed E-state index contributed by atoms with van der Waals surface area (Å²) in [5.74, 6) is 0.718. The Bertz CT molecular complexity index is 2860. The summed E-state index contributed by atoms with van der Waals surface area (Å²) < 4.78 is 6.52. The molecule has 10 rings (SSSR count). The molecule has 0 fully saturated rings. The van der Waals surface area contributed by atoms with E-state index in [1.807, 2.05) is 25.2 Å². The number of hydrazine groups is 1. The highest BCUT2D eigenvalue weighted by Crippen LogP contribution is 2.57. The Morgan fingerprint density at radius 1 is 0.569 bits per heavy atom. The summed E-state index contributed by atoms with van der Waals surface area (Å²) in [6, 6.07) is 71.2. The fourth-order valence-corrected chi connectivity index (χ4v) is 8.89. The molecular weight excluding hydrogens is 709 g/mol. The largest absolute Gasteiger partial charge is 0.455 e. The average molecular weight is 751 g/mol. The zero-order valence-corrected chi connectivity index (χ0v) is 32.3. The summed E-state index contributed by atoms with van der Waals surface area (Å²) in [7, 11) is 2.05. The maximum atomic E-state index is 6.52. The van der Waals surface area contributed by atoms with Crippen molar-refractivity contribution in [2.45, 2.75) is 12.0 Å². The van der Waals surface area contributed by atoms with Gasteiger partial charge in [0.05, 0.1) is 11.0 Å². The van der Waals surface area contributed by atoms with Crippen LogP contribution in [-0.4, -0.2) is 24.6 Å². The van der Waals surface area contributed by atoms with Crippen LogP contribution in [0.3, 0.4) is 0 Å². The second kappa shape index (κ2) is 15.0. The van der Waals surface area contributed by atoms with Crippen molar-refractivity contribution in [3.63, 3.8) is 0 Å². The third-order valence-electron chi connectivity index (χ3n) is 11.4. The number of furan rings is 1. The minimum atomic E-state index is -0.500. The van der Waals surface area contributed by atoms with Crippen molar-refractivity contribution in [2.75, 3.05) is 19.0 Å². The van der Waals surface area contributed by atoms with Crippen molar-refractivity contribution in [3.05, 3.63) is 234 Å². The van der Waals surface area contributed by atoms with E-state index in [1.54, 1.807) is 0 Å². The van der Waals surface area contributed by atoms with Crippen LogP contribution >= 0.6 is 0 Å². The van der Waals surface area contributed by atoms with E-state index in [1.165, 1.54) is 38.9 Å². The summed E-state index contributed by atoms with van der Waals surface area (Å²) in [5, 5.41) is 8.02. The van der Waals surface area contributed by atoms with Gasteiger partial charge in [0, 0.05) is 35.6 Å². The first-order valence-corrected chi connectivity index (χ1v) is 19.8. The lowest BCUT2D eigenvalue weighted by Gasteiger charge is -2.34. The molecule has 1 aromatic heterocycles. The molecule has 1 aliphatic rings. The van der Waals surface area contributed by atoms with E-state index in [0.717, 1.165) is 50.2 Å². The smallest absolute Gasteiger partial charge is 0.148 e. The van der Waals surface area contributed by atoms with Gasteiger partial charge in [0.1, 0.15) is 23.7 Å². The molecule has 0 bridgehead atoms. The van der Waals surface area contributed by atoms with Gasteiger partial charge in [0.15, 0.2) is 0 Å². The van der Waals surface area contributed by atoms with Crippen LogP contribution < -0.4 is 10.7 Å². The van der Waals surface area contributed by atoms with Gasteiger partial charge in [-0.25, -0.2) is 10.0 Å². The van der Waals surface area contributed by atoms with E-state index >= 15 is 0 Å². The topological polar surface area (TPSA) is 52.8 Å². The summed E-state index contributed by atoms with van der Waals surface area (Å²) in [4.78, 5) is 5.28. The lowest BCUT2D eigenvalue weighted by atomic mass is 9.67. The van der Waals surface area contributed by atoms with Crippen LogP contribution in [0, 0.1) is 0 Å². The van der Waals surface area contributed by atoms with Gasteiger partial charge in [-0.2, -0.15) is 0 Å². The number of benzene rings is 8. The van der Waals surface area contributed by atoms with E-state index < -0.39 is 5.41 Å². The first kappa shape index (κ1) is 35.2. The van der Waals surface area contributed by atoms with Crippen LogP contribution in [0.25, 0.3) is 44.2 Å². The minimum Gasteiger partial charge on any atom is -0.455 e. The van der Waals surface area contributed by atoms with Crippen LogP contribution in [0.2, 0.25) is 0 Å². The molecule has 280 valence electrons. The summed E-state index contributed by atoms with van der Waals surface area (Å²) in [5.41, 5.74) is 17.6. The second-order valence-electron chi connectivity index (χ2n) is 14.9. The fraction of sp³-hybridized carbons (Fsp3) is 0.0755. The Kier molecular flexibility index (Phi) is 9.13. The Morgan fingerprint density at radius 3 is 1.93 bits per heavy atom. The zero-order valence-electron chi connectivity index (χ0n) is 32.3. The highest BCUT2D eigenvalue weighted by molar-refractivity contribution is 6.14. The number of hydrogen-bond acceptors (Lipinski definition) is 4.